The van der Waals surface area contributed by atoms with Gasteiger partial charge in [-0.25, -0.2) is 4.98 Å². The number of hydrogen-bond donors (Lipinski definition) is 2. The Kier molecular flexibility index (Phi) is 4.20. The molecule has 94 valence electrons. The Morgan fingerprint density at radius 2 is 2.24 bits per heavy atom. The van der Waals surface area contributed by atoms with Gasteiger partial charge in [0.15, 0.2) is 0 Å². The molecule has 0 atom stereocenters. The van der Waals surface area contributed by atoms with Gasteiger partial charge in [0.25, 0.3) is 0 Å². The van der Waals surface area contributed by atoms with E-state index in [2.05, 4.69) is 22.2 Å². The summed E-state index contributed by atoms with van der Waals surface area (Å²) in [6.45, 7) is 3.46. The first-order chi connectivity index (χ1) is 8.25. The topological polar surface area (TPSA) is 54.2 Å². The third-order valence-electron chi connectivity index (χ3n) is 3.54. The van der Waals surface area contributed by atoms with Crippen molar-refractivity contribution >= 4 is 11.5 Å². The highest BCUT2D eigenvalue weighted by molar-refractivity contribution is 5.60. The van der Waals surface area contributed by atoms with E-state index in [4.69, 9.17) is 5.73 Å². The van der Waals surface area contributed by atoms with Gasteiger partial charge in [-0.15, -0.1) is 0 Å². The van der Waals surface area contributed by atoms with E-state index in [1.807, 2.05) is 12.1 Å². The van der Waals surface area contributed by atoms with E-state index >= 15 is 0 Å². The number of piperidine rings is 1. The van der Waals surface area contributed by atoms with Crippen LogP contribution in [0.25, 0.3) is 0 Å². The lowest BCUT2D eigenvalue weighted by molar-refractivity contribution is 0.215. The maximum absolute atomic E-state index is 5.78. The molecule has 2 rings (SSSR count). The lowest BCUT2D eigenvalue weighted by atomic mass is 9.94. The Labute approximate surface area is 103 Å². The smallest absolute Gasteiger partial charge is 0.146 e. The number of likely N-dealkylation sites (tertiary alicyclic amines) is 1. The Hall–Kier alpha value is -1.29. The normalized spacial score (nSPS) is 18.2. The van der Waals surface area contributed by atoms with Crippen molar-refractivity contribution < 1.29 is 0 Å². The zero-order valence-corrected chi connectivity index (χ0v) is 10.5. The van der Waals surface area contributed by atoms with Crippen molar-refractivity contribution in [2.24, 2.45) is 5.92 Å². The van der Waals surface area contributed by atoms with Crippen molar-refractivity contribution in [1.82, 2.24) is 9.88 Å². The summed E-state index contributed by atoms with van der Waals surface area (Å²) in [5.74, 6) is 1.45. The molecule has 4 nitrogen and oxygen atoms in total. The summed E-state index contributed by atoms with van der Waals surface area (Å²) in [6, 6.07) is 3.89. The first-order valence-electron chi connectivity index (χ1n) is 6.38. The predicted octanol–water partition coefficient (Wildman–Crippen LogP) is 1.81. The number of aromatic nitrogens is 1. The van der Waals surface area contributed by atoms with E-state index in [-0.39, 0.29) is 0 Å². The van der Waals surface area contributed by atoms with Crippen molar-refractivity contribution in [3.05, 3.63) is 18.3 Å². The van der Waals surface area contributed by atoms with E-state index in [9.17, 15) is 0 Å². The standard InChI is InChI=1S/C13H22N4/c1-17-9-5-11(6-10-17)4-8-15-12-3-2-7-16-13(12)14/h2-3,7,11,15H,4-6,8-10H2,1H3,(H2,14,16). The summed E-state index contributed by atoms with van der Waals surface area (Å²) in [5, 5.41) is 3.37. The third kappa shape index (κ3) is 3.60. The van der Waals surface area contributed by atoms with Gasteiger partial charge in [-0.3, -0.25) is 0 Å². The van der Waals surface area contributed by atoms with E-state index in [1.165, 1.54) is 32.4 Å². The summed E-state index contributed by atoms with van der Waals surface area (Å²) in [4.78, 5) is 6.47. The number of nitrogens with zero attached hydrogens (tertiary/aromatic N) is 2. The van der Waals surface area contributed by atoms with Crippen LogP contribution in [-0.2, 0) is 0 Å². The number of hydrogen-bond acceptors (Lipinski definition) is 4. The van der Waals surface area contributed by atoms with Crippen LogP contribution in [0.5, 0.6) is 0 Å². The van der Waals surface area contributed by atoms with Gasteiger partial charge in [0.2, 0.25) is 0 Å². The predicted molar refractivity (Wildman–Crippen MR) is 72.0 cm³/mol. The first-order valence-corrected chi connectivity index (χ1v) is 6.38. The molecular formula is C13H22N4. The summed E-state index contributed by atoms with van der Waals surface area (Å²) in [5.41, 5.74) is 6.74. The Bertz CT molecular complexity index is 345. The Morgan fingerprint density at radius 3 is 2.94 bits per heavy atom. The highest BCUT2D eigenvalue weighted by atomic mass is 15.1. The van der Waals surface area contributed by atoms with Crippen LogP contribution in [0.15, 0.2) is 18.3 Å². The summed E-state index contributed by atoms with van der Waals surface area (Å²) < 4.78 is 0. The van der Waals surface area contributed by atoms with Gasteiger partial charge < -0.3 is 16.0 Å². The van der Waals surface area contributed by atoms with Gasteiger partial charge in [-0.05, 0) is 57.5 Å². The largest absolute Gasteiger partial charge is 0.382 e. The third-order valence-corrected chi connectivity index (χ3v) is 3.54. The van der Waals surface area contributed by atoms with Crippen molar-refractivity contribution in [3.63, 3.8) is 0 Å². The fourth-order valence-electron chi connectivity index (χ4n) is 2.33. The van der Waals surface area contributed by atoms with Crippen LogP contribution in [0.1, 0.15) is 19.3 Å². The van der Waals surface area contributed by atoms with Crippen LogP contribution >= 0.6 is 0 Å². The SMILES string of the molecule is CN1CCC(CCNc2cccnc2N)CC1. The van der Waals surface area contributed by atoms with Gasteiger partial charge in [0, 0.05) is 12.7 Å². The molecule has 1 aromatic heterocycles. The molecule has 4 heteroatoms. The van der Waals surface area contributed by atoms with Crippen molar-refractivity contribution in [1.29, 1.82) is 0 Å². The fraction of sp³-hybridized carbons (Fsp3) is 0.615. The van der Waals surface area contributed by atoms with E-state index < -0.39 is 0 Å². The summed E-state index contributed by atoms with van der Waals surface area (Å²) >= 11 is 0. The van der Waals surface area contributed by atoms with Gasteiger partial charge in [-0.2, -0.15) is 0 Å². The number of nitrogens with one attached hydrogen (secondary N) is 1. The number of pyridine rings is 1. The number of anilines is 2. The molecule has 0 unspecified atom stereocenters. The average molecular weight is 234 g/mol. The van der Waals surface area contributed by atoms with E-state index in [0.717, 1.165) is 18.2 Å². The van der Waals surface area contributed by atoms with Gasteiger partial charge >= 0.3 is 0 Å². The molecule has 1 aliphatic rings. The van der Waals surface area contributed by atoms with Crippen LogP contribution in [0, 0.1) is 5.92 Å². The molecule has 1 fully saturated rings. The second-order valence-electron chi connectivity index (χ2n) is 4.90. The van der Waals surface area contributed by atoms with Gasteiger partial charge in [0.05, 0.1) is 5.69 Å². The lowest BCUT2D eigenvalue weighted by Gasteiger charge is -2.29. The molecule has 1 aliphatic heterocycles. The minimum Gasteiger partial charge on any atom is -0.382 e. The minimum absolute atomic E-state index is 0.593. The number of rotatable bonds is 4. The Morgan fingerprint density at radius 1 is 1.47 bits per heavy atom. The molecule has 0 radical (unpaired) electrons. The summed E-state index contributed by atoms with van der Waals surface area (Å²) in [7, 11) is 2.20. The lowest BCUT2D eigenvalue weighted by Crippen LogP contribution is -2.30. The highest BCUT2D eigenvalue weighted by Crippen LogP contribution is 2.20. The second-order valence-corrected chi connectivity index (χ2v) is 4.90. The van der Waals surface area contributed by atoms with Crippen LogP contribution in [0.4, 0.5) is 11.5 Å². The van der Waals surface area contributed by atoms with Gasteiger partial charge in [-0.1, -0.05) is 0 Å². The van der Waals surface area contributed by atoms with Gasteiger partial charge in [0.1, 0.15) is 5.82 Å². The molecule has 0 amide bonds. The van der Waals surface area contributed by atoms with Crippen LogP contribution in [0.2, 0.25) is 0 Å². The maximum atomic E-state index is 5.78. The van der Waals surface area contributed by atoms with E-state index in [0.29, 0.717) is 5.82 Å². The van der Waals surface area contributed by atoms with Crippen LogP contribution in [-0.4, -0.2) is 36.6 Å². The Balaban J connectivity index is 1.71. The molecule has 3 N–H and O–H groups in total. The molecule has 0 aliphatic carbocycles. The van der Waals surface area contributed by atoms with Crippen LogP contribution < -0.4 is 11.1 Å². The maximum Gasteiger partial charge on any atom is 0.146 e. The highest BCUT2D eigenvalue weighted by Gasteiger charge is 2.15. The molecule has 0 aromatic carbocycles. The molecule has 0 spiro atoms. The number of nitrogens with two attached hydrogens (primary N) is 1. The minimum atomic E-state index is 0.593. The van der Waals surface area contributed by atoms with Crippen molar-refractivity contribution in [2.75, 3.05) is 37.7 Å². The second kappa shape index (κ2) is 5.87. The van der Waals surface area contributed by atoms with Crippen LogP contribution in [0.3, 0.4) is 0 Å². The molecular weight excluding hydrogens is 212 g/mol. The molecule has 17 heavy (non-hydrogen) atoms. The average Bonchev–Trinajstić information content (AvgIpc) is 2.34. The van der Waals surface area contributed by atoms with E-state index in [1.54, 1.807) is 6.20 Å². The monoisotopic (exact) mass is 234 g/mol. The zero-order chi connectivity index (χ0) is 12.1. The fourth-order valence-corrected chi connectivity index (χ4v) is 2.33. The molecule has 0 bridgehead atoms. The molecule has 1 saturated heterocycles. The van der Waals surface area contributed by atoms with Crippen molar-refractivity contribution in [3.8, 4) is 0 Å². The quantitative estimate of drug-likeness (QED) is 0.834. The zero-order valence-electron chi connectivity index (χ0n) is 10.5. The molecule has 2 heterocycles. The number of nitrogen functional groups attached to an aromatic ring is 1. The first kappa shape index (κ1) is 12.2. The molecule has 1 aromatic rings. The summed E-state index contributed by atoms with van der Waals surface area (Å²) in [6.07, 6.45) is 5.58. The molecule has 0 saturated carbocycles. The van der Waals surface area contributed by atoms with Crippen molar-refractivity contribution in [2.45, 2.75) is 19.3 Å².